The standard InChI is InChI=1S/C25H26FN7O.C20H23ClN6O.C10H12Cl2N4O.C7H7Cl2N3.ClH/c1-32(2)25(34)33-10-8-20-22(15-33)30-23(17-11-18(26)14-27-12-17)31-24(20)28-9-7-16-13-29-21-6-4-3-5-19(16)21;1-26(2)20(28)27-10-8-15-17(12-27)24-19(21)25-18(15)22-9-7-13-11-23-16-6-4-3-5-14(13)16;1-15(2)10(17)16-4-3-6-7(5-16)13-9(12)14-8(6)11;8-6-4-1-2-10-3-5(4)11-7(9)12-6;/h3-6,11-14,29H,7-10,15H2,1-2H3,(H,28,30,31);3-6,11,23H,7-10,12H2,1-2H3,(H,22,24,25);3-5H2,1-2H3;10H,1-3H2;1H. The second-order valence-electron chi connectivity index (χ2n) is 22.4. The van der Waals surface area contributed by atoms with E-state index in [2.05, 4.69) is 97.3 Å². The number of H-pyrrole nitrogens is 2. The topological polar surface area (TPSA) is 254 Å². The Balaban J connectivity index is 0.000000154. The van der Waals surface area contributed by atoms with Crippen LogP contribution in [0.1, 0.15) is 56.2 Å². The van der Waals surface area contributed by atoms with Gasteiger partial charge >= 0.3 is 18.1 Å². The van der Waals surface area contributed by atoms with Gasteiger partial charge in [0.2, 0.25) is 15.9 Å². The molecule has 484 valence electrons. The highest BCUT2D eigenvalue weighted by Gasteiger charge is 2.29. The van der Waals surface area contributed by atoms with E-state index in [0.29, 0.717) is 86.8 Å². The van der Waals surface area contributed by atoms with Gasteiger partial charge in [0.15, 0.2) is 5.82 Å². The number of anilines is 2. The number of aromatic nitrogens is 11. The summed E-state index contributed by atoms with van der Waals surface area (Å²) in [5, 5.41) is 14.0. The van der Waals surface area contributed by atoms with E-state index in [1.807, 2.05) is 24.4 Å². The molecule has 92 heavy (non-hydrogen) atoms. The molecule has 9 aromatic rings. The van der Waals surface area contributed by atoms with Crippen molar-refractivity contribution >= 4 is 122 Å². The maximum atomic E-state index is 13.8. The normalized spacial score (nSPS) is 13.7. The molecule has 5 N–H and O–H groups in total. The highest BCUT2D eigenvalue weighted by Crippen LogP contribution is 2.31. The Hall–Kier alpha value is -7.97. The predicted molar refractivity (Wildman–Crippen MR) is 360 cm³/mol. The summed E-state index contributed by atoms with van der Waals surface area (Å²) in [6.07, 6.45) is 11.4. The summed E-state index contributed by atoms with van der Waals surface area (Å²) in [5.74, 6) is 1.43. The van der Waals surface area contributed by atoms with E-state index in [9.17, 15) is 18.8 Å². The third-order valence-corrected chi connectivity index (χ3v) is 16.7. The van der Waals surface area contributed by atoms with Crippen molar-refractivity contribution in [2.24, 2.45) is 0 Å². The largest absolute Gasteiger partial charge is 0.369 e. The van der Waals surface area contributed by atoms with Crippen LogP contribution in [0.15, 0.2) is 79.4 Å². The van der Waals surface area contributed by atoms with Crippen molar-refractivity contribution in [3.05, 3.63) is 168 Å². The van der Waals surface area contributed by atoms with Crippen LogP contribution in [0.4, 0.5) is 30.4 Å². The first-order valence-electron chi connectivity index (χ1n) is 29.4. The summed E-state index contributed by atoms with van der Waals surface area (Å²) in [6.45, 7) is 6.18. The van der Waals surface area contributed by atoms with Crippen molar-refractivity contribution in [2.45, 2.75) is 64.7 Å². The van der Waals surface area contributed by atoms with Gasteiger partial charge in [-0.3, -0.25) is 4.98 Å². The van der Waals surface area contributed by atoms with E-state index in [1.165, 1.54) is 32.9 Å². The molecule has 2 aromatic carbocycles. The molecule has 0 bridgehead atoms. The molecule has 0 unspecified atom stereocenters. The number of hydrogen-bond donors (Lipinski definition) is 5. The molecular formula is C62H69Cl6FN20O3. The van der Waals surface area contributed by atoms with E-state index in [0.717, 1.165) is 113 Å². The lowest BCUT2D eigenvalue weighted by atomic mass is 10.0. The van der Waals surface area contributed by atoms with Crippen molar-refractivity contribution in [2.75, 3.05) is 92.2 Å². The lowest BCUT2D eigenvalue weighted by Gasteiger charge is -2.31. The number of carbonyl (C=O) groups is 3. The minimum atomic E-state index is -0.447. The molecule has 23 nitrogen and oxygen atoms in total. The summed E-state index contributed by atoms with van der Waals surface area (Å²) in [5.41, 5.74) is 12.4. The highest BCUT2D eigenvalue weighted by atomic mass is 35.5. The third kappa shape index (κ3) is 16.6. The summed E-state index contributed by atoms with van der Waals surface area (Å²) in [7, 11) is 10.4. The number of nitrogens with one attached hydrogen (secondary N) is 5. The van der Waals surface area contributed by atoms with Crippen LogP contribution < -0.4 is 16.0 Å². The molecule has 6 amide bonds. The Morgan fingerprint density at radius 3 is 1.48 bits per heavy atom. The zero-order valence-corrected chi connectivity index (χ0v) is 56.0. The fourth-order valence-electron chi connectivity index (χ4n) is 11.1. The number of rotatable bonds is 9. The van der Waals surface area contributed by atoms with Gasteiger partial charge in [-0.15, -0.1) is 12.4 Å². The van der Waals surface area contributed by atoms with Gasteiger partial charge in [-0.2, -0.15) is 0 Å². The van der Waals surface area contributed by atoms with Crippen LogP contribution in [-0.4, -0.2) is 184 Å². The molecule has 4 aliphatic rings. The van der Waals surface area contributed by atoms with Gasteiger partial charge in [0, 0.05) is 150 Å². The number of pyridine rings is 1. The molecule has 0 saturated carbocycles. The van der Waals surface area contributed by atoms with E-state index in [1.54, 1.807) is 73.0 Å². The van der Waals surface area contributed by atoms with E-state index in [4.69, 9.17) is 68.0 Å². The Morgan fingerprint density at radius 2 is 0.978 bits per heavy atom. The van der Waals surface area contributed by atoms with Gasteiger partial charge in [-0.25, -0.2) is 58.6 Å². The van der Waals surface area contributed by atoms with Gasteiger partial charge in [0.05, 0.1) is 48.6 Å². The lowest BCUT2D eigenvalue weighted by Crippen LogP contribution is -2.42. The average Bonchev–Trinajstić information content (AvgIpc) is 1.11. The molecule has 11 heterocycles. The summed E-state index contributed by atoms with van der Waals surface area (Å²) in [6, 6.07) is 17.8. The smallest absolute Gasteiger partial charge is 0.319 e. The molecule has 0 saturated heterocycles. The zero-order valence-electron chi connectivity index (χ0n) is 51.4. The Morgan fingerprint density at radius 1 is 0.543 bits per heavy atom. The molecule has 0 fully saturated rings. The van der Waals surface area contributed by atoms with E-state index < -0.39 is 5.82 Å². The monoisotopic (exact) mass is 1370 g/mol. The van der Waals surface area contributed by atoms with Crippen molar-refractivity contribution < 1.29 is 18.8 Å². The third-order valence-electron chi connectivity index (χ3n) is 15.6. The molecule has 0 atom stereocenters. The first-order valence-corrected chi connectivity index (χ1v) is 31.3. The second-order valence-corrected chi connectivity index (χ2v) is 24.2. The van der Waals surface area contributed by atoms with Gasteiger partial charge < -0.3 is 55.3 Å². The Bertz CT molecular complexity index is 4120. The van der Waals surface area contributed by atoms with Gasteiger partial charge in [0.1, 0.15) is 27.8 Å². The van der Waals surface area contributed by atoms with Crippen molar-refractivity contribution in [3.63, 3.8) is 0 Å². The SMILES string of the molecule is CN(C)C(=O)N1CCc2c(Cl)nc(Cl)nc2C1.CN(C)C(=O)N1CCc2c(nc(-c3cncc(F)c3)nc2NCCc2c[nH]c3ccccc23)C1.CN(C)C(=O)N1CCc2c(nc(Cl)nc2NCCc2c[nH]c3ccccc23)C1.Cl.Clc1nc(Cl)c2c(n1)CNCC2. The van der Waals surface area contributed by atoms with Crippen LogP contribution in [0.5, 0.6) is 0 Å². The minimum Gasteiger partial charge on any atom is -0.369 e. The molecule has 0 aliphatic carbocycles. The zero-order chi connectivity index (χ0) is 64.5. The van der Waals surface area contributed by atoms with Crippen LogP contribution in [0.3, 0.4) is 0 Å². The number of nitrogens with zero attached hydrogens (tertiary/aromatic N) is 15. The van der Waals surface area contributed by atoms with Gasteiger partial charge in [-0.1, -0.05) is 59.6 Å². The van der Waals surface area contributed by atoms with Crippen molar-refractivity contribution in [3.8, 4) is 11.4 Å². The van der Waals surface area contributed by atoms with Crippen molar-refractivity contribution in [1.82, 2.24) is 89.5 Å². The summed E-state index contributed by atoms with van der Waals surface area (Å²) in [4.78, 5) is 91.3. The first-order chi connectivity index (χ1) is 43.8. The average molecular weight is 1370 g/mol. The first kappa shape index (κ1) is 68.4. The number of urea groups is 3. The lowest BCUT2D eigenvalue weighted by molar-refractivity contribution is 0.164. The van der Waals surface area contributed by atoms with E-state index in [-0.39, 0.29) is 46.4 Å². The molecule has 0 spiro atoms. The van der Waals surface area contributed by atoms with Crippen LogP contribution in [0.2, 0.25) is 26.2 Å². The molecule has 0 radical (unpaired) electrons. The van der Waals surface area contributed by atoms with Gasteiger partial charge in [-0.05, 0) is 109 Å². The number of halogens is 7. The number of fused-ring (bicyclic) bond motifs is 6. The Labute approximate surface area is 562 Å². The molecule has 30 heteroatoms. The number of amides is 6. The number of carbonyl (C=O) groups excluding carboxylic acids is 3. The molecule has 4 aliphatic heterocycles. The van der Waals surface area contributed by atoms with Crippen LogP contribution in [0.25, 0.3) is 33.2 Å². The summed E-state index contributed by atoms with van der Waals surface area (Å²) >= 11 is 29.4. The van der Waals surface area contributed by atoms with E-state index >= 15 is 0 Å². The molecular weight excluding hydrogens is 1300 g/mol. The second kappa shape index (κ2) is 31.1. The number of benzene rings is 2. The quantitative estimate of drug-likeness (QED) is 0.0665. The maximum Gasteiger partial charge on any atom is 0.319 e. The minimum absolute atomic E-state index is 0. The summed E-state index contributed by atoms with van der Waals surface area (Å²) < 4.78 is 13.8. The molecule has 7 aromatic heterocycles. The Kier molecular flexibility index (Phi) is 23.1. The highest BCUT2D eigenvalue weighted by molar-refractivity contribution is 6.33. The van der Waals surface area contributed by atoms with Gasteiger partial charge in [0.25, 0.3) is 0 Å². The number of aromatic amines is 2. The number of para-hydroxylation sites is 2. The maximum absolute atomic E-state index is 13.8. The fraction of sp³-hybridized carbons (Fsp3) is 0.355. The predicted octanol–water partition coefficient (Wildman–Crippen LogP) is 10.8. The van der Waals surface area contributed by atoms with Crippen LogP contribution in [-0.2, 0) is 64.7 Å². The van der Waals surface area contributed by atoms with Crippen LogP contribution in [0, 0.1) is 5.82 Å². The molecule has 13 rings (SSSR count). The fourth-order valence-corrected chi connectivity index (χ4v) is 12.3. The number of hydrogen-bond acceptors (Lipinski definition) is 15. The van der Waals surface area contributed by atoms with Crippen molar-refractivity contribution in [1.29, 1.82) is 0 Å². The van der Waals surface area contributed by atoms with Crippen LogP contribution >= 0.6 is 70.4 Å².